The van der Waals surface area contributed by atoms with E-state index in [-0.39, 0.29) is 37.0 Å². The molecular formula is C29H34F3N7O4S. The van der Waals surface area contributed by atoms with E-state index in [1.165, 1.54) is 4.90 Å². The number of thioether (sulfide) groups is 1. The van der Waals surface area contributed by atoms with Gasteiger partial charge in [0.2, 0.25) is 5.91 Å². The van der Waals surface area contributed by atoms with Gasteiger partial charge in [0.05, 0.1) is 24.9 Å². The third kappa shape index (κ3) is 8.94. The Kier molecular flexibility index (Phi) is 11.2. The SMILES string of the molecule is CSCC[C@@H]1NC(=O)c2cc(ccc2C)OCCCn2cc(nn2)CN(C(=O)c2ccc(C(F)(F)F)nc2)CCCNC1=O. The van der Waals surface area contributed by atoms with Gasteiger partial charge in [-0.25, -0.2) is 0 Å². The number of benzene rings is 1. The number of ether oxygens (including phenoxy) is 1. The molecule has 3 heterocycles. The van der Waals surface area contributed by atoms with Crippen LogP contribution in [0.4, 0.5) is 13.2 Å². The number of alkyl halides is 3. The van der Waals surface area contributed by atoms with Crippen LogP contribution in [0.1, 0.15) is 56.9 Å². The monoisotopic (exact) mass is 633 g/mol. The van der Waals surface area contributed by atoms with Gasteiger partial charge in [-0.2, -0.15) is 24.9 Å². The lowest BCUT2D eigenvalue weighted by Gasteiger charge is -2.23. The molecule has 4 rings (SSSR count). The number of fused-ring (bicyclic) bond motifs is 4. The Morgan fingerprint density at radius 2 is 1.98 bits per heavy atom. The second-order valence-corrected chi connectivity index (χ2v) is 11.2. The van der Waals surface area contributed by atoms with Crippen molar-refractivity contribution in [3.8, 4) is 5.75 Å². The summed E-state index contributed by atoms with van der Waals surface area (Å²) in [5.41, 5.74) is 0.524. The fraction of sp³-hybridized carbons (Fsp3) is 0.448. The summed E-state index contributed by atoms with van der Waals surface area (Å²) in [4.78, 5) is 44.5. The van der Waals surface area contributed by atoms with E-state index in [1.807, 2.05) is 13.2 Å². The number of carbonyl (C=O) groups is 3. The lowest BCUT2D eigenvalue weighted by atomic mass is 10.1. The number of hydrogen-bond acceptors (Lipinski definition) is 8. The van der Waals surface area contributed by atoms with E-state index < -0.39 is 23.8 Å². The van der Waals surface area contributed by atoms with Crippen molar-refractivity contribution in [2.45, 2.75) is 51.5 Å². The molecule has 3 amide bonds. The van der Waals surface area contributed by atoms with Crippen LogP contribution in [0.2, 0.25) is 0 Å². The third-order valence-corrected chi connectivity index (χ3v) is 7.56. The molecule has 1 atom stereocenters. The number of nitrogens with one attached hydrogen (secondary N) is 2. The molecule has 11 nitrogen and oxygen atoms in total. The van der Waals surface area contributed by atoms with Crippen molar-refractivity contribution in [2.75, 3.05) is 31.7 Å². The maximum absolute atomic E-state index is 13.3. The van der Waals surface area contributed by atoms with E-state index in [1.54, 1.807) is 40.8 Å². The zero-order chi connectivity index (χ0) is 31.7. The number of halogens is 3. The van der Waals surface area contributed by atoms with Crippen molar-refractivity contribution < 1.29 is 32.3 Å². The molecule has 236 valence electrons. The standard InChI is InChI=1S/C29H34F3N7O4S/c1-19-5-7-22-15-23(19)26(40)35-24(9-14-44-2)27(41)33-10-3-11-38(17-21-18-39(37-36-21)12-4-13-43-22)28(42)20-6-8-25(34-16-20)29(30,31)32/h5-8,15-16,18,24H,3-4,9-14,17H2,1-2H3,(H,33,41)(H,35,40)/t24-/m0/s1. The largest absolute Gasteiger partial charge is 0.494 e. The molecule has 44 heavy (non-hydrogen) atoms. The number of nitrogens with zero attached hydrogens (tertiary/aromatic N) is 5. The quantitative estimate of drug-likeness (QED) is 0.447. The minimum Gasteiger partial charge on any atom is -0.494 e. The highest BCUT2D eigenvalue weighted by molar-refractivity contribution is 7.98. The van der Waals surface area contributed by atoms with Gasteiger partial charge >= 0.3 is 6.18 Å². The Balaban J connectivity index is 1.54. The van der Waals surface area contributed by atoms with E-state index >= 15 is 0 Å². The molecule has 0 fully saturated rings. The van der Waals surface area contributed by atoms with Gasteiger partial charge in [0.25, 0.3) is 11.8 Å². The van der Waals surface area contributed by atoms with Crippen LogP contribution in [-0.4, -0.2) is 80.3 Å². The topological polar surface area (TPSA) is 131 Å². The summed E-state index contributed by atoms with van der Waals surface area (Å²) < 4.78 is 46.5. The Bertz CT molecular complexity index is 1450. The van der Waals surface area contributed by atoms with Crippen LogP contribution in [0.5, 0.6) is 5.75 Å². The van der Waals surface area contributed by atoms with E-state index in [4.69, 9.17) is 4.74 Å². The normalized spacial score (nSPS) is 17.3. The number of aromatic nitrogens is 4. The molecule has 3 aromatic rings. The highest BCUT2D eigenvalue weighted by Gasteiger charge is 2.32. The smallest absolute Gasteiger partial charge is 0.433 e. The summed E-state index contributed by atoms with van der Waals surface area (Å²) in [7, 11) is 0. The van der Waals surface area contributed by atoms with Gasteiger partial charge in [-0.1, -0.05) is 11.3 Å². The minimum atomic E-state index is -4.63. The highest BCUT2D eigenvalue weighted by atomic mass is 32.2. The molecule has 0 spiro atoms. The predicted molar refractivity (Wildman–Crippen MR) is 157 cm³/mol. The van der Waals surface area contributed by atoms with Gasteiger partial charge in [-0.05, 0) is 61.6 Å². The Hall–Kier alpha value is -4.14. The molecule has 4 bridgehead atoms. The lowest BCUT2D eigenvalue weighted by molar-refractivity contribution is -0.141. The summed E-state index contributed by atoms with van der Waals surface area (Å²) in [5, 5.41) is 14.0. The average Bonchev–Trinajstić information content (AvgIpc) is 3.45. The molecule has 0 unspecified atom stereocenters. The van der Waals surface area contributed by atoms with Gasteiger partial charge < -0.3 is 20.3 Å². The van der Waals surface area contributed by atoms with Gasteiger partial charge in [0, 0.05) is 37.8 Å². The Labute approximate surface area is 256 Å². The number of amides is 3. The van der Waals surface area contributed by atoms with Gasteiger partial charge in [0.1, 0.15) is 23.2 Å². The summed E-state index contributed by atoms with van der Waals surface area (Å²) in [6, 6.07) is 6.31. The molecule has 1 aliphatic heterocycles. The molecule has 0 saturated carbocycles. The molecular weight excluding hydrogens is 599 g/mol. The van der Waals surface area contributed by atoms with Crippen LogP contribution in [-0.2, 0) is 24.1 Å². The number of pyridine rings is 1. The first-order chi connectivity index (χ1) is 21.0. The van der Waals surface area contributed by atoms with E-state index in [2.05, 4.69) is 25.9 Å². The molecule has 1 aromatic carbocycles. The van der Waals surface area contributed by atoms with Crippen molar-refractivity contribution in [2.24, 2.45) is 0 Å². The molecule has 2 N–H and O–H groups in total. The van der Waals surface area contributed by atoms with Crippen molar-refractivity contribution in [3.05, 3.63) is 70.8 Å². The van der Waals surface area contributed by atoms with Crippen molar-refractivity contribution in [1.82, 2.24) is 35.5 Å². The van der Waals surface area contributed by atoms with Crippen LogP contribution in [0.25, 0.3) is 0 Å². The fourth-order valence-electron chi connectivity index (χ4n) is 4.54. The number of hydrogen-bond donors (Lipinski definition) is 2. The second kappa shape index (κ2) is 15.0. The van der Waals surface area contributed by atoms with Crippen LogP contribution < -0.4 is 15.4 Å². The summed E-state index contributed by atoms with van der Waals surface area (Å²) >= 11 is 1.55. The number of rotatable bonds is 4. The predicted octanol–water partition coefficient (Wildman–Crippen LogP) is 3.48. The second-order valence-electron chi connectivity index (χ2n) is 10.3. The Morgan fingerprint density at radius 1 is 1.16 bits per heavy atom. The zero-order valence-electron chi connectivity index (χ0n) is 24.4. The van der Waals surface area contributed by atoms with Crippen LogP contribution in [0.15, 0.2) is 42.7 Å². The van der Waals surface area contributed by atoms with E-state index in [0.29, 0.717) is 55.2 Å². The molecule has 2 aromatic heterocycles. The first kappa shape index (κ1) is 32.8. The van der Waals surface area contributed by atoms with Crippen molar-refractivity contribution in [3.63, 3.8) is 0 Å². The Morgan fingerprint density at radius 3 is 2.70 bits per heavy atom. The lowest BCUT2D eigenvalue weighted by Crippen LogP contribution is -2.47. The molecule has 15 heteroatoms. The van der Waals surface area contributed by atoms with Gasteiger partial charge in [-0.3, -0.25) is 24.0 Å². The maximum atomic E-state index is 13.3. The molecule has 1 aliphatic rings. The summed E-state index contributed by atoms with van der Waals surface area (Å²) in [5.74, 6) is -0.124. The van der Waals surface area contributed by atoms with Crippen LogP contribution >= 0.6 is 11.8 Å². The van der Waals surface area contributed by atoms with E-state index in [0.717, 1.165) is 23.9 Å². The van der Waals surface area contributed by atoms with Crippen molar-refractivity contribution in [1.29, 1.82) is 0 Å². The first-order valence-corrected chi connectivity index (χ1v) is 15.5. The summed E-state index contributed by atoms with van der Waals surface area (Å²) in [6.45, 7) is 3.02. The minimum absolute atomic E-state index is 0.0145. The van der Waals surface area contributed by atoms with Gasteiger partial charge in [0.15, 0.2) is 0 Å². The molecule has 0 radical (unpaired) electrons. The molecule has 0 saturated heterocycles. The van der Waals surface area contributed by atoms with Crippen molar-refractivity contribution >= 4 is 29.5 Å². The van der Waals surface area contributed by atoms with Crippen LogP contribution in [0.3, 0.4) is 0 Å². The number of aryl methyl sites for hydroxylation is 2. The van der Waals surface area contributed by atoms with Gasteiger partial charge in [-0.15, -0.1) is 5.10 Å². The summed E-state index contributed by atoms with van der Waals surface area (Å²) in [6.07, 6.45) is 1.20. The van der Waals surface area contributed by atoms with Crippen LogP contribution in [0, 0.1) is 6.92 Å². The fourth-order valence-corrected chi connectivity index (χ4v) is 5.01. The molecule has 0 aliphatic carbocycles. The van der Waals surface area contributed by atoms with E-state index in [9.17, 15) is 27.6 Å². The zero-order valence-corrected chi connectivity index (χ0v) is 25.2. The highest BCUT2D eigenvalue weighted by Crippen LogP contribution is 2.27. The maximum Gasteiger partial charge on any atom is 0.433 e. The first-order valence-electron chi connectivity index (χ1n) is 14.1. The third-order valence-electron chi connectivity index (χ3n) is 6.92. The number of carbonyl (C=O) groups excluding carboxylic acids is 3. The average molecular weight is 634 g/mol.